The maximum atomic E-state index is 11.7. The van der Waals surface area contributed by atoms with Crippen molar-refractivity contribution < 1.29 is 12.8 Å². The van der Waals surface area contributed by atoms with Crippen molar-refractivity contribution in [2.24, 2.45) is 5.92 Å². The molecule has 4 rings (SSSR count). The lowest BCUT2D eigenvalue weighted by Gasteiger charge is -2.31. The number of sulfone groups is 1. The Morgan fingerprint density at radius 2 is 1.89 bits per heavy atom. The summed E-state index contributed by atoms with van der Waals surface area (Å²) < 4.78 is 30.7. The van der Waals surface area contributed by atoms with E-state index in [-0.39, 0.29) is 17.4 Å². The van der Waals surface area contributed by atoms with Crippen molar-refractivity contribution in [3.05, 3.63) is 46.6 Å². The standard InChI is InChI=1S/C20H27N3O3S2/c24-28(25)13-10-18(14-28)19-21-23(20(27)26-19)15-22-11-8-17(9-12-22)7-6-16-4-2-1-3-5-16/h1-5,17-18H,6-15H2/t18-/m1/s1. The molecule has 2 aliphatic heterocycles. The fourth-order valence-electron chi connectivity index (χ4n) is 4.19. The second-order valence-electron chi connectivity index (χ2n) is 8.03. The molecule has 1 atom stereocenters. The summed E-state index contributed by atoms with van der Waals surface area (Å²) in [5.74, 6) is 1.42. The van der Waals surface area contributed by atoms with Gasteiger partial charge in [0.25, 0.3) is 4.84 Å². The van der Waals surface area contributed by atoms with Crippen LogP contribution < -0.4 is 0 Å². The summed E-state index contributed by atoms with van der Waals surface area (Å²) in [5.41, 5.74) is 1.42. The molecule has 0 amide bonds. The predicted molar refractivity (Wildman–Crippen MR) is 110 cm³/mol. The molecule has 28 heavy (non-hydrogen) atoms. The summed E-state index contributed by atoms with van der Waals surface area (Å²) in [6, 6.07) is 10.7. The zero-order chi connectivity index (χ0) is 19.6. The molecule has 1 aromatic carbocycles. The molecule has 0 N–H and O–H groups in total. The lowest BCUT2D eigenvalue weighted by atomic mass is 9.91. The van der Waals surface area contributed by atoms with Crippen LogP contribution in [0.3, 0.4) is 0 Å². The van der Waals surface area contributed by atoms with Crippen molar-refractivity contribution in [1.29, 1.82) is 0 Å². The largest absolute Gasteiger partial charge is 0.414 e. The number of aromatic nitrogens is 2. The Hall–Kier alpha value is -1.51. The predicted octanol–water partition coefficient (Wildman–Crippen LogP) is 3.41. The number of hydrogen-bond acceptors (Lipinski definition) is 6. The molecule has 2 saturated heterocycles. The highest BCUT2D eigenvalue weighted by Crippen LogP contribution is 2.28. The van der Waals surface area contributed by atoms with E-state index in [0.717, 1.165) is 25.4 Å². The highest BCUT2D eigenvalue weighted by atomic mass is 32.2. The van der Waals surface area contributed by atoms with Crippen LogP contribution in [0.4, 0.5) is 0 Å². The molecule has 152 valence electrons. The molecular weight excluding hydrogens is 394 g/mol. The van der Waals surface area contributed by atoms with E-state index in [0.29, 0.717) is 23.8 Å². The molecule has 2 aliphatic rings. The molecule has 2 fully saturated rings. The van der Waals surface area contributed by atoms with Gasteiger partial charge in [0.15, 0.2) is 9.84 Å². The maximum Gasteiger partial charge on any atom is 0.288 e. The summed E-state index contributed by atoms with van der Waals surface area (Å²) in [4.78, 5) is 2.69. The van der Waals surface area contributed by atoms with Crippen LogP contribution in [-0.2, 0) is 22.9 Å². The molecule has 3 heterocycles. The Kier molecular flexibility index (Phi) is 5.99. The lowest BCUT2D eigenvalue weighted by Crippen LogP contribution is -2.35. The van der Waals surface area contributed by atoms with Crippen molar-refractivity contribution in [1.82, 2.24) is 14.7 Å². The van der Waals surface area contributed by atoms with Gasteiger partial charge in [-0.3, -0.25) is 4.90 Å². The number of rotatable bonds is 6. The van der Waals surface area contributed by atoms with Crippen LogP contribution in [0.5, 0.6) is 0 Å². The number of hydrogen-bond donors (Lipinski definition) is 0. The van der Waals surface area contributed by atoms with Crippen LogP contribution in [0.15, 0.2) is 34.7 Å². The van der Waals surface area contributed by atoms with E-state index in [1.165, 1.54) is 24.8 Å². The molecule has 0 saturated carbocycles. The zero-order valence-electron chi connectivity index (χ0n) is 16.0. The van der Waals surface area contributed by atoms with Crippen LogP contribution in [0.2, 0.25) is 0 Å². The quantitative estimate of drug-likeness (QED) is 0.666. The second-order valence-corrected chi connectivity index (χ2v) is 10.6. The average Bonchev–Trinajstić information content (AvgIpc) is 3.24. The van der Waals surface area contributed by atoms with Gasteiger partial charge < -0.3 is 4.42 Å². The zero-order valence-corrected chi connectivity index (χ0v) is 17.6. The van der Waals surface area contributed by atoms with E-state index in [9.17, 15) is 8.42 Å². The average molecular weight is 422 g/mol. The third-order valence-corrected chi connectivity index (χ3v) is 7.99. The van der Waals surface area contributed by atoms with Gasteiger partial charge in [-0.15, -0.1) is 5.10 Å². The van der Waals surface area contributed by atoms with E-state index in [1.807, 2.05) is 0 Å². The van der Waals surface area contributed by atoms with E-state index in [1.54, 1.807) is 4.68 Å². The SMILES string of the molecule is O=S1(=O)CC[C@@H](c2nn(CN3CCC(CCc4ccccc4)CC3)c(=S)o2)C1. The van der Waals surface area contributed by atoms with Gasteiger partial charge in [-0.1, -0.05) is 30.3 Å². The second kappa shape index (κ2) is 8.47. The monoisotopic (exact) mass is 421 g/mol. The normalized spacial score (nSPS) is 23.2. The first-order chi connectivity index (χ1) is 13.5. The number of likely N-dealkylation sites (tertiary alicyclic amines) is 1. The van der Waals surface area contributed by atoms with Crippen molar-refractivity contribution in [3.63, 3.8) is 0 Å². The number of aryl methyl sites for hydroxylation is 1. The van der Waals surface area contributed by atoms with E-state index in [2.05, 4.69) is 40.3 Å². The minimum atomic E-state index is -2.96. The van der Waals surface area contributed by atoms with Crippen LogP contribution in [-0.4, -0.2) is 47.7 Å². The summed E-state index contributed by atoms with van der Waals surface area (Å²) in [6.45, 7) is 2.68. The van der Waals surface area contributed by atoms with Gasteiger partial charge in [0.1, 0.15) is 0 Å². The molecular formula is C20H27N3O3S2. The van der Waals surface area contributed by atoms with E-state index in [4.69, 9.17) is 16.6 Å². The molecule has 0 aliphatic carbocycles. The van der Waals surface area contributed by atoms with Crippen molar-refractivity contribution in [2.75, 3.05) is 24.6 Å². The Morgan fingerprint density at radius 3 is 2.57 bits per heavy atom. The van der Waals surface area contributed by atoms with Crippen LogP contribution in [0, 0.1) is 10.8 Å². The van der Waals surface area contributed by atoms with Gasteiger partial charge in [0.05, 0.1) is 24.1 Å². The van der Waals surface area contributed by atoms with Gasteiger partial charge in [0, 0.05) is 13.1 Å². The third kappa shape index (κ3) is 4.90. The van der Waals surface area contributed by atoms with Crippen molar-refractivity contribution in [2.45, 2.75) is 44.7 Å². The molecule has 2 aromatic rings. The topological polar surface area (TPSA) is 68.3 Å². The number of nitrogens with zero attached hydrogens (tertiary/aromatic N) is 3. The van der Waals surface area contributed by atoms with Gasteiger partial charge in [0.2, 0.25) is 5.89 Å². The Balaban J connectivity index is 1.27. The summed E-state index contributed by atoms with van der Waals surface area (Å²) >= 11 is 5.31. The summed E-state index contributed by atoms with van der Waals surface area (Å²) in [5, 5.41) is 4.49. The molecule has 6 nitrogen and oxygen atoms in total. The molecule has 0 bridgehead atoms. The molecule has 0 radical (unpaired) electrons. The van der Waals surface area contributed by atoms with Crippen LogP contribution in [0.25, 0.3) is 0 Å². The third-order valence-electron chi connectivity index (χ3n) is 5.93. The van der Waals surface area contributed by atoms with Crippen LogP contribution >= 0.6 is 12.2 Å². The number of benzene rings is 1. The van der Waals surface area contributed by atoms with Crippen molar-refractivity contribution in [3.8, 4) is 0 Å². The first-order valence-corrected chi connectivity index (χ1v) is 12.3. The number of piperidine rings is 1. The van der Waals surface area contributed by atoms with Gasteiger partial charge in [-0.25, -0.2) is 13.1 Å². The smallest absolute Gasteiger partial charge is 0.288 e. The highest BCUT2D eigenvalue weighted by molar-refractivity contribution is 7.91. The van der Waals surface area contributed by atoms with Gasteiger partial charge in [-0.2, -0.15) is 0 Å². The Bertz CT molecular complexity index is 945. The summed E-state index contributed by atoms with van der Waals surface area (Å²) in [7, 11) is -2.96. The lowest BCUT2D eigenvalue weighted by molar-refractivity contribution is 0.135. The van der Waals surface area contributed by atoms with Gasteiger partial charge >= 0.3 is 0 Å². The first-order valence-electron chi connectivity index (χ1n) is 10.0. The minimum Gasteiger partial charge on any atom is -0.414 e. The highest BCUT2D eigenvalue weighted by Gasteiger charge is 2.33. The Morgan fingerprint density at radius 1 is 1.14 bits per heavy atom. The maximum absolute atomic E-state index is 11.7. The first kappa shape index (κ1) is 19.8. The van der Waals surface area contributed by atoms with E-state index >= 15 is 0 Å². The molecule has 8 heteroatoms. The van der Waals surface area contributed by atoms with Crippen LogP contribution in [0.1, 0.15) is 43.1 Å². The fourth-order valence-corrected chi connectivity index (χ4v) is 6.10. The molecule has 0 unspecified atom stereocenters. The van der Waals surface area contributed by atoms with E-state index < -0.39 is 9.84 Å². The molecule has 1 aromatic heterocycles. The Labute approximate surface area is 171 Å². The van der Waals surface area contributed by atoms with Crippen molar-refractivity contribution >= 4 is 22.1 Å². The minimum absolute atomic E-state index is 0.120. The molecule has 0 spiro atoms. The fraction of sp³-hybridized carbons (Fsp3) is 0.600. The summed E-state index contributed by atoms with van der Waals surface area (Å²) in [6.07, 6.45) is 5.33. The van der Waals surface area contributed by atoms with Gasteiger partial charge in [-0.05, 0) is 55.8 Å².